The molecule has 3 aromatic rings. The Bertz CT molecular complexity index is 1410. The Hall–Kier alpha value is -3.65. The minimum Gasteiger partial charge on any atom is -0.345 e. The van der Waals surface area contributed by atoms with Crippen molar-refractivity contribution in [3.8, 4) is 23.3 Å². The number of benzene rings is 2. The molecule has 1 aromatic heterocycles. The molecular formula is C27H24ClN5OS. The van der Waals surface area contributed by atoms with Crippen LogP contribution in [0.5, 0.6) is 0 Å². The van der Waals surface area contributed by atoms with Gasteiger partial charge in [0, 0.05) is 16.9 Å². The Balaban J connectivity index is 1.80. The lowest BCUT2D eigenvalue weighted by atomic mass is 9.75. The molecule has 8 heteroatoms. The topological polar surface area (TPSA) is 104 Å². The molecule has 1 saturated heterocycles. The van der Waals surface area contributed by atoms with E-state index in [2.05, 4.69) is 17.5 Å². The van der Waals surface area contributed by atoms with E-state index in [1.807, 2.05) is 56.5 Å². The van der Waals surface area contributed by atoms with Crippen molar-refractivity contribution in [2.45, 2.75) is 37.6 Å². The first-order valence-electron chi connectivity index (χ1n) is 11.0. The molecule has 2 atom stereocenters. The van der Waals surface area contributed by atoms with Gasteiger partial charge in [-0.1, -0.05) is 35.9 Å². The second kappa shape index (κ2) is 8.85. The molecule has 0 radical (unpaired) electrons. The summed E-state index contributed by atoms with van der Waals surface area (Å²) in [6.07, 6.45) is 0. The average molecular weight is 502 g/mol. The molecule has 1 aliphatic rings. The fraction of sp³-hybridized carbons (Fsp3) is 0.259. The number of carbonyl (C=O) groups excluding carboxylic acids is 1. The number of nitrogens with one attached hydrogen (secondary N) is 2. The van der Waals surface area contributed by atoms with Crippen molar-refractivity contribution in [1.29, 1.82) is 15.9 Å². The van der Waals surface area contributed by atoms with Crippen molar-refractivity contribution in [2.75, 3.05) is 7.05 Å². The fourth-order valence-electron chi connectivity index (χ4n) is 4.37. The van der Waals surface area contributed by atoms with Gasteiger partial charge < -0.3 is 5.32 Å². The highest BCUT2D eigenvalue weighted by Gasteiger charge is 2.49. The standard InChI is InChI=1S/C27H24ClN5OS/c1-26(2,15-30)20-7-5-17(6-8-20)23-24(34)33(4)25(31)32-27(23,3)22-12-19(14-35-22)18-9-16(13-29)10-21(28)11-18/h5-12,14,23H,1-4H3,(H2,31,32)/t23-,27+/m0/s1. The molecule has 0 saturated carbocycles. The number of hydrogen-bond donors (Lipinski definition) is 2. The highest BCUT2D eigenvalue weighted by atomic mass is 35.5. The van der Waals surface area contributed by atoms with Crippen LogP contribution in [0.2, 0.25) is 5.02 Å². The van der Waals surface area contributed by atoms with E-state index in [0.29, 0.717) is 10.6 Å². The van der Waals surface area contributed by atoms with Gasteiger partial charge in [-0.05, 0) is 72.7 Å². The van der Waals surface area contributed by atoms with Gasteiger partial charge in [-0.15, -0.1) is 11.3 Å². The number of rotatable bonds is 4. The SMILES string of the molecule is CN1C(=N)N[C@](C)(c2cc(-c3cc(Cl)cc(C#N)c3)cs2)[C@@H](c2ccc(C(C)(C)C#N)cc2)C1=O. The summed E-state index contributed by atoms with van der Waals surface area (Å²) in [7, 11) is 1.59. The lowest BCUT2D eigenvalue weighted by molar-refractivity contribution is -0.131. The van der Waals surface area contributed by atoms with Crippen LogP contribution in [0.1, 0.15) is 48.3 Å². The second-order valence-corrected chi connectivity index (χ2v) is 10.8. The average Bonchev–Trinajstić information content (AvgIpc) is 3.34. The summed E-state index contributed by atoms with van der Waals surface area (Å²) in [5, 5.41) is 32.9. The summed E-state index contributed by atoms with van der Waals surface area (Å²) >= 11 is 7.70. The third-order valence-corrected chi connectivity index (χ3v) is 7.97. The zero-order chi connectivity index (χ0) is 25.5. The fourth-order valence-corrected chi connectivity index (χ4v) is 5.67. The Morgan fingerprint density at radius 3 is 2.46 bits per heavy atom. The van der Waals surface area contributed by atoms with Crippen molar-refractivity contribution in [2.24, 2.45) is 0 Å². The van der Waals surface area contributed by atoms with Crippen LogP contribution < -0.4 is 5.32 Å². The van der Waals surface area contributed by atoms with Crippen molar-refractivity contribution in [3.05, 3.63) is 80.5 Å². The first-order chi connectivity index (χ1) is 16.5. The van der Waals surface area contributed by atoms with E-state index in [0.717, 1.165) is 27.1 Å². The highest BCUT2D eigenvalue weighted by Crippen LogP contribution is 2.44. The van der Waals surface area contributed by atoms with E-state index in [1.54, 1.807) is 25.2 Å². The van der Waals surface area contributed by atoms with Crippen molar-refractivity contribution in [3.63, 3.8) is 0 Å². The van der Waals surface area contributed by atoms with Gasteiger partial charge in [-0.25, -0.2) is 0 Å². The molecule has 0 unspecified atom stereocenters. The lowest BCUT2D eigenvalue weighted by Gasteiger charge is -2.45. The molecule has 35 heavy (non-hydrogen) atoms. The predicted octanol–water partition coefficient (Wildman–Crippen LogP) is 5.74. The Kier molecular flexibility index (Phi) is 6.19. The molecule has 0 bridgehead atoms. The maximum Gasteiger partial charge on any atom is 0.239 e. The third-order valence-electron chi connectivity index (χ3n) is 6.59. The predicted molar refractivity (Wildman–Crippen MR) is 138 cm³/mol. The van der Waals surface area contributed by atoms with Crippen LogP contribution >= 0.6 is 22.9 Å². The molecular weight excluding hydrogens is 478 g/mol. The molecule has 1 fully saturated rings. The van der Waals surface area contributed by atoms with Gasteiger partial charge in [-0.3, -0.25) is 15.1 Å². The number of halogens is 1. The van der Waals surface area contributed by atoms with Crippen molar-refractivity contribution < 1.29 is 4.79 Å². The quantitative estimate of drug-likeness (QED) is 0.475. The summed E-state index contributed by atoms with van der Waals surface area (Å²) in [5.41, 5.74) is 2.31. The van der Waals surface area contributed by atoms with E-state index in [-0.39, 0.29) is 11.9 Å². The van der Waals surface area contributed by atoms with E-state index < -0.39 is 16.9 Å². The highest BCUT2D eigenvalue weighted by molar-refractivity contribution is 7.10. The minimum absolute atomic E-state index is 0.0282. The number of carbonyl (C=O) groups is 1. The molecule has 6 nitrogen and oxygen atoms in total. The van der Waals surface area contributed by atoms with Crippen LogP contribution in [0.3, 0.4) is 0 Å². The summed E-state index contributed by atoms with van der Waals surface area (Å²) < 4.78 is 0. The maximum atomic E-state index is 13.5. The van der Waals surface area contributed by atoms with Gasteiger partial charge in [0.15, 0.2) is 5.96 Å². The van der Waals surface area contributed by atoms with Crippen molar-refractivity contribution >= 4 is 34.8 Å². The van der Waals surface area contributed by atoms with E-state index >= 15 is 0 Å². The number of guanidine groups is 1. The first-order valence-corrected chi connectivity index (χ1v) is 12.2. The van der Waals surface area contributed by atoms with Crippen LogP contribution in [0, 0.1) is 28.1 Å². The van der Waals surface area contributed by atoms with E-state index in [4.69, 9.17) is 17.0 Å². The van der Waals surface area contributed by atoms with Gasteiger partial charge in [0.2, 0.25) is 5.91 Å². The van der Waals surface area contributed by atoms with Crippen LogP contribution in [-0.4, -0.2) is 23.8 Å². The zero-order valence-electron chi connectivity index (χ0n) is 19.8. The van der Waals surface area contributed by atoms with Gasteiger partial charge in [0.1, 0.15) is 0 Å². The smallest absolute Gasteiger partial charge is 0.239 e. The first kappa shape index (κ1) is 24.5. The number of nitrogens with zero attached hydrogens (tertiary/aromatic N) is 3. The molecule has 0 spiro atoms. The number of likely N-dealkylation sites (N-methyl/N-ethyl adjacent to an activating group) is 1. The zero-order valence-corrected chi connectivity index (χ0v) is 21.4. The van der Waals surface area contributed by atoms with Crippen LogP contribution in [0.25, 0.3) is 11.1 Å². The third kappa shape index (κ3) is 4.30. The van der Waals surface area contributed by atoms with E-state index in [9.17, 15) is 15.3 Å². The number of thiophene rings is 1. The monoisotopic (exact) mass is 501 g/mol. The molecule has 4 rings (SSSR count). The lowest BCUT2D eigenvalue weighted by Crippen LogP contribution is -2.62. The molecule has 2 N–H and O–H groups in total. The Morgan fingerprint density at radius 2 is 1.83 bits per heavy atom. The van der Waals surface area contributed by atoms with E-state index in [1.165, 1.54) is 16.2 Å². The number of amides is 1. The molecule has 1 amide bonds. The van der Waals surface area contributed by atoms with Gasteiger partial charge in [0.05, 0.1) is 34.6 Å². The molecule has 2 heterocycles. The minimum atomic E-state index is -0.882. The van der Waals surface area contributed by atoms with Gasteiger partial charge in [0.25, 0.3) is 0 Å². The van der Waals surface area contributed by atoms with Crippen LogP contribution in [-0.2, 0) is 15.7 Å². The van der Waals surface area contributed by atoms with Crippen LogP contribution in [0.15, 0.2) is 53.9 Å². The normalized spacial score (nSPS) is 20.2. The Morgan fingerprint density at radius 1 is 1.14 bits per heavy atom. The Labute approximate surface area is 213 Å². The van der Waals surface area contributed by atoms with Gasteiger partial charge in [-0.2, -0.15) is 10.5 Å². The van der Waals surface area contributed by atoms with Gasteiger partial charge >= 0.3 is 0 Å². The number of nitriles is 2. The number of hydrogen-bond acceptors (Lipinski definition) is 5. The van der Waals surface area contributed by atoms with Crippen molar-refractivity contribution in [1.82, 2.24) is 10.2 Å². The second-order valence-electron chi connectivity index (χ2n) is 9.41. The summed E-state index contributed by atoms with van der Waals surface area (Å²) in [5.74, 6) is -0.755. The summed E-state index contributed by atoms with van der Waals surface area (Å²) in [6, 6.07) is 19.2. The van der Waals surface area contributed by atoms with Crippen LogP contribution in [0.4, 0.5) is 0 Å². The maximum absolute atomic E-state index is 13.5. The molecule has 176 valence electrons. The molecule has 0 aliphatic carbocycles. The largest absolute Gasteiger partial charge is 0.345 e. The molecule has 1 aliphatic heterocycles. The molecule has 2 aromatic carbocycles. The summed E-state index contributed by atoms with van der Waals surface area (Å²) in [6.45, 7) is 5.64. The summed E-state index contributed by atoms with van der Waals surface area (Å²) in [4.78, 5) is 15.7.